The lowest BCUT2D eigenvalue weighted by atomic mass is 10.1. The van der Waals surface area contributed by atoms with E-state index in [-0.39, 0.29) is 31.4 Å². The van der Waals surface area contributed by atoms with E-state index in [9.17, 15) is 23.1 Å². The van der Waals surface area contributed by atoms with Crippen molar-refractivity contribution >= 4 is 5.91 Å². The first-order chi connectivity index (χ1) is 16.3. The Balaban J connectivity index is 1.58. The lowest BCUT2D eigenvalue weighted by Gasteiger charge is -2.37. The summed E-state index contributed by atoms with van der Waals surface area (Å²) in [5.74, 6) is -0.503. The van der Waals surface area contributed by atoms with Gasteiger partial charge in [-0.25, -0.2) is 0 Å². The zero-order valence-electron chi connectivity index (χ0n) is 19.5. The predicted molar refractivity (Wildman–Crippen MR) is 119 cm³/mol. The summed E-state index contributed by atoms with van der Waals surface area (Å²) >= 11 is 0. The van der Waals surface area contributed by atoms with Gasteiger partial charge in [-0.3, -0.25) is 14.6 Å². The van der Waals surface area contributed by atoms with Gasteiger partial charge in [-0.1, -0.05) is 6.07 Å². The SMILES string of the molecule is COCCN(C[C@@H]1CN(C[C@H](O)CN2CCOCC2)CCO1)C(=O)c1cccc(C(F)(F)F)c1. The minimum atomic E-state index is -4.53. The molecule has 1 N–H and O–H groups in total. The Morgan fingerprint density at radius 1 is 1.21 bits per heavy atom. The number of morpholine rings is 2. The fraction of sp³-hybridized carbons (Fsp3) is 0.696. The lowest BCUT2D eigenvalue weighted by molar-refractivity contribution is -0.137. The van der Waals surface area contributed by atoms with Gasteiger partial charge in [-0.15, -0.1) is 0 Å². The van der Waals surface area contributed by atoms with Crippen molar-refractivity contribution in [1.29, 1.82) is 0 Å². The van der Waals surface area contributed by atoms with E-state index in [4.69, 9.17) is 14.2 Å². The first-order valence-electron chi connectivity index (χ1n) is 11.5. The first-order valence-corrected chi connectivity index (χ1v) is 11.5. The number of amides is 1. The van der Waals surface area contributed by atoms with Crippen molar-refractivity contribution in [2.45, 2.75) is 18.4 Å². The van der Waals surface area contributed by atoms with Crippen molar-refractivity contribution < 1.29 is 37.3 Å². The van der Waals surface area contributed by atoms with Crippen LogP contribution in [0.2, 0.25) is 0 Å². The van der Waals surface area contributed by atoms with Gasteiger partial charge in [0.15, 0.2) is 0 Å². The van der Waals surface area contributed by atoms with Crippen molar-refractivity contribution in [2.24, 2.45) is 0 Å². The number of ether oxygens (including phenoxy) is 3. The van der Waals surface area contributed by atoms with E-state index in [1.807, 2.05) is 0 Å². The fourth-order valence-corrected chi connectivity index (χ4v) is 4.23. The third kappa shape index (κ3) is 8.17. The number of aliphatic hydroxyl groups excluding tert-OH is 1. The number of hydrogen-bond acceptors (Lipinski definition) is 7. The Morgan fingerprint density at radius 3 is 2.62 bits per heavy atom. The molecule has 2 saturated heterocycles. The van der Waals surface area contributed by atoms with Crippen LogP contribution in [0.1, 0.15) is 15.9 Å². The number of aliphatic hydroxyl groups is 1. The molecule has 1 aromatic carbocycles. The largest absolute Gasteiger partial charge is 0.416 e. The maximum Gasteiger partial charge on any atom is 0.416 e. The summed E-state index contributed by atoms with van der Waals surface area (Å²) < 4.78 is 55.6. The molecule has 0 aromatic heterocycles. The average molecular weight is 490 g/mol. The molecule has 2 fully saturated rings. The number of β-amino-alcohol motifs (C(OH)–C–C–N with tert-alkyl or cyclic N) is 1. The van der Waals surface area contributed by atoms with E-state index in [1.54, 1.807) is 0 Å². The summed E-state index contributed by atoms with van der Waals surface area (Å²) in [7, 11) is 1.50. The number of methoxy groups -OCH3 is 1. The molecule has 0 bridgehead atoms. The second-order valence-corrected chi connectivity index (χ2v) is 8.64. The van der Waals surface area contributed by atoms with Crippen LogP contribution in [0.5, 0.6) is 0 Å². The van der Waals surface area contributed by atoms with Gasteiger partial charge in [0.05, 0.1) is 44.2 Å². The second kappa shape index (κ2) is 12.8. The van der Waals surface area contributed by atoms with Crippen LogP contribution in [-0.4, -0.2) is 124 Å². The monoisotopic (exact) mass is 489 g/mol. The van der Waals surface area contributed by atoms with Gasteiger partial charge in [0.1, 0.15) is 0 Å². The predicted octanol–water partition coefficient (Wildman–Crippen LogP) is 1.19. The minimum absolute atomic E-state index is 0.0282. The molecular formula is C23H34F3N3O5. The van der Waals surface area contributed by atoms with Crippen LogP contribution in [-0.2, 0) is 20.4 Å². The van der Waals surface area contributed by atoms with Crippen LogP contribution in [0.4, 0.5) is 13.2 Å². The van der Waals surface area contributed by atoms with E-state index < -0.39 is 23.8 Å². The van der Waals surface area contributed by atoms with Crippen molar-refractivity contribution in [1.82, 2.24) is 14.7 Å². The zero-order valence-corrected chi connectivity index (χ0v) is 19.5. The van der Waals surface area contributed by atoms with Gasteiger partial charge in [0.25, 0.3) is 5.91 Å². The van der Waals surface area contributed by atoms with Gasteiger partial charge in [0.2, 0.25) is 0 Å². The highest BCUT2D eigenvalue weighted by Crippen LogP contribution is 2.29. The molecule has 0 radical (unpaired) electrons. The molecule has 2 atom stereocenters. The summed E-state index contributed by atoms with van der Waals surface area (Å²) in [5.41, 5.74) is -0.890. The standard InChI is InChI=1S/C23H34F3N3O5/c1-32-9-8-29(22(31)18-3-2-4-19(13-18)23(24,25)26)17-21-16-28(7-12-34-21)15-20(30)14-27-5-10-33-11-6-27/h2-4,13,20-21,30H,5-12,14-17H2,1H3/t20-,21+/m1/s1. The van der Waals surface area contributed by atoms with Crippen LogP contribution in [0.3, 0.4) is 0 Å². The van der Waals surface area contributed by atoms with Crippen molar-refractivity contribution in [3.63, 3.8) is 0 Å². The number of carbonyl (C=O) groups excluding carboxylic acids is 1. The summed E-state index contributed by atoms with van der Waals surface area (Å²) in [5, 5.41) is 10.5. The van der Waals surface area contributed by atoms with Gasteiger partial charge < -0.3 is 24.2 Å². The molecule has 2 aliphatic heterocycles. The van der Waals surface area contributed by atoms with E-state index in [0.29, 0.717) is 46.0 Å². The molecule has 192 valence electrons. The summed E-state index contributed by atoms with van der Waals surface area (Å²) in [6.07, 6.45) is -5.37. The summed E-state index contributed by atoms with van der Waals surface area (Å²) in [4.78, 5) is 18.8. The maximum absolute atomic E-state index is 13.1. The average Bonchev–Trinajstić information content (AvgIpc) is 2.81. The van der Waals surface area contributed by atoms with Crippen LogP contribution in [0.25, 0.3) is 0 Å². The Kier molecular flexibility index (Phi) is 10.1. The summed E-state index contributed by atoms with van der Waals surface area (Å²) in [6, 6.07) is 4.44. The lowest BCUT2D eigenvalue weighted by Crippen LogP contribution is -2.52. The van der Waals surface area contributed by atoms with E-state index in [2.05, 4.69) is 9.80 Å². The molecule has 11 heteroatoms. The fourth-order valence-electron chi connectivity index (χ4n) is 4.23. The second-order valence-electron chi connectivity index (χ2n) is 8.64. The van der Waals surface area contributed by atoms with Crippen LogP contribution >= 0.6 is 0 Å². The summed E-state index contributed by atoms with van der Waals surface area (Å²) in [6.45, 7) is 6.31. The molecule has 1 amide bonds. The van der Waals surface area contributed by atoms with Crippen LogP contribution < -0.4 is 0 Å². The van der Waals surface area contributed by atoms with Gasteiger partial charge in [-0.05, 0) is 18.2 Å². The third-order valence-electron chi connectivity index (χ3n) is 5.98. The van der Waals surface area contributed by atoms with Gasteiger partial charge in [0, 0.05) is 65.0 Å². The van der Waals surface area contributed by atoms with Crippen LogP contribution in [0.15, 0.2) is 24.3 Å². The molecule has 3 rings (SSSR count). The van der Waals surface area contributed by atoms with E-state index in [0.717, 1.165) is 25.2 Å². The third-order valence-corrected chi connectivity index (χ3v) is 5.98. The van der Waals surface area contributed by atoms with E-state index >= 15 is 0 Å². The molecule has 0 spiro atoms. The number of hydrogen-bond donors (Lipinski definition) is 1. The molecule has 8 nitrogen and oxygen atoms in total. The smallest absolute Gasteiger partial charge is 0.390 e. The van der Waals surface area contributed by atoms with E-state index in [1.165, 1.54) is 24.1 Å². The Labute approximate surface area is 198 Å². The Hall–Kier alpha value is -1.76. The van der Waals surface area contributed by atoms with Crippen molar-refractivity contribution in [3.8, 4) is 0 Å². The number of nitrogens with zero attached hydrogens (tertiary/aromatic N) is 3. The number of benzene rings is 1. The molecular weight excluding hydrogens is 455 g/mol. The molecule has 2 aliphatic rings. The highest BCUT2D eigenvalue weighted by Gasteiger charge is 2.32. The molecule has 2 heterocycles. The van der Waals surface area contributed by atoms with Crippen molar-refractivity contribution in [3.05, 3.63) is 35.4 Å². The Bertz CT molecular complexity index is 776. The number of alkyl halides is 3. The molecule has 0 saturated carbocycles. The van der Waals surface area contributed by atoms with Gasteiger partial charge in [-0.2, -0.15) is 13.2 Å². The molecule has 0 aliphatic carbocycles. The maximum atomic E-state index is 13.1. The molecule has 0 unspecified atom stereocenters. The minimum Gasteiger partial charge on any atom is -0.390 e. The van der Waals surface area contributed by atoms with Crippen molar-refractivity contribution in [2.75, 3.05) is 85.9 Å². The molecule has 34 heavy (non-hydrogen) atoms. The quantitative estimate of drug-likeness (QED) is 0.529. The first kappa shape index (κ1) is 26.8. The number of halogens is 3. The topological polar surface area (TPSA) is 74.7 Å². The number of carbonyl (C=O) groups is 1. The number of rotatable bonds is 10. The zero-order chi connectivity index (χ0) is 24.6. The highest BCUT2D eigenvalue weighted by atomic mass is 19.4. The molecule has 1 aromatic rings. The highest BCUT2D eigenvalue weighted by molar-refractivity contribution is 5.94. The normalized spacial score (nSPS) is 21.4. The Morgan fingerprint density at radius 2 is 1.91 bits per heavy atom. The van der Waals surface area contributed by atoms with Gasteiger partial charge >= 0.3 is 6.18 Å². The van der Waals surface area contributed by atoms with Crippen LogP contribution in [0, 0.1) is 0 Å².